The molecule has 1 aromatic carbocycles. The number of nitrogens with one attached hydrogen (secondary N) is 1. The highest BCUT2D eigenvalue weighted by atomic mass is 19.1. The van der Waals surface area contributed by atoms with E-state index in [0.717, 1.165) is 56.4 Å². The number of nitrogens with zero attached hydrogens (tertiary/aromatic N) is 2. The highest BCUT2D eigenvalue weighted by Gasteiger charge is 2.25. The van der Waals surface area contributed by atoms with Gasteiger partial charge in [0.15, 0.2) is 5.58 Å². The first-order valence-electron chi connectivity index (χ1n) is 11.7. The highest BCUT2D eigenvalue weighted by Crippen LogP contribution is 2.32. The molecule has 0 aliphatic carbocycles. The van der Waals surface area contributed by atoms with Crippen molar-refractivity contribution in [1.82, 2.24) is 15.4 Å². The van der Waals surface area contributed by atoms with E-state index in [1.165, 1.54) is 44.2 Å². The maximum absolute atomic E-state index is 13.3. The third-order valence-electron chi connectivity index (χ3n) is 6.19. The summed E-state index contributed by atoms with van der Waals surface area (Å²) in [7, 11) is 0. The predicted octanol–water partition coefficient (Wildman–Crippen LogP) is 5.40. The lowest BCUT2D eigenvalue weighted by Gasteiger charge is -2.31. The van der Waals surface area contributed by atoms with Crippen LogP contribution in [-0.2, 0) is 4.79 Å². The van der Waals surface area contributed by atoms with E-state index >= 15 is 0 Å². The highest BCUT2D eigenvalue weighted by molar-refractivity contribution is 5.80. The molecule has 2 aromatic rings. The van der Waals surface area contributed by atoms with Crippen LogP contribution in [0.25, 0.3) is 11.0 Å². The lowest BCUT2D eigenvalue weighted by atomic mass is 9.91. The number of hydrogen-bond acceptors (Lipinski definition) is 4. The number of aromatic nitrogens is 1. The third kappa shape index (κ3) is 6.79. The van der Waals surface area contributed by atoms with Crippen molar-refractivity contribution < 1.29 is 13.7 Å². The molecule has 166 valence electrons. The van der Waals surface area contributed by atoms with E-state index in [-0.39, 0.29) is 11.7 Å². The van der Waals surface area contributed by atoms with E-state index < -0.39 is 0 Å². The maximum Gasteiger partial charge on any atom is 0.220 e. The van der Waals surface area contributed by atoms with Crippen LogP contribution in [0.1, 0.15) is 82.7 Å². The minimum atomic E-state index is -0.297. The molecule has 1 aliphatic heterocycles. The molecule has 0 radical (unpaired) electrons. The summed E-state index contributed by atoms with van der Waals surface area (Å²) < 4.78 is 18.6. The molecule has 3 rings (SSSR count). The second-order valence-corrected chi connectivity index (χ2v) is 8.55. The maximum atomic E-state index is 13.3. The Morgan fingerprint density at radius 1 is 1.17 bits per heavy atom. The topological polar surface area (TPSA) is 58.4 Å². The van der Waals surface area contributed by atoms with Gasteiger partial charge in [0.05, 0.1) is 5.69 Å². The van der Waals surface area contributed by atoms with Crippen molar-refractivity contribution in [3.63, 3.8) is 0 Å². The van der Waals surface area contributed by atoms with E-state index in [9.17, 15) is 9.18 Å². The lowest BCUT2D eigenvalue weighted by Crippen LogP contribution is -2.39. The van der Waals surface area contributed by atoms with Crippen molar-refractivity contribution in [1.29, 1.82) is 0 Å². The SMILES string of the molecule is CCCCCCCCCC(=O)NCCN1CCC(c2noc3cc(F)ccc23)CC1. The zero-order chi connectivity index (χ0) is 21.2. The summed E-state index contributed by atoms with van der Waals surface area (Å²) in [6, 6.07) is 4.63. The number of carbonyl (C=O) groups excluding carboxylic acids is 1. The zero-order valence-electron chi connectivity index (χ0n) is 18.3. The molecule has 6 heteroatoms. The van der Waals surface area contributed by atoms with Crippen molar-refractivity contribution in [2.24, 2.45) is 0 Å². The van der Waals surface area contributed by atoms with Gasteiger partial charge in [0, 0.05) is 36.9 Å². The Labute approximate surface area is 179 Å². The Morgan fingerprint density at radius 2 is 1.90 bits per heavy atom. The Bertz CT molecular complexity index is 784. The molecule has 1 fully saturated rings. The fourth-order valence-electron chi connectivity index (χ4n) is 4.34. The summed E-state index contributed by atoms with van der Waals surface area (Å²) in [6.45, 7) is 5.79. The van der Waals surface area contributed by atoms with Crippen LogP contribution in [0, 0.1) is 5.82 Å². The fourth-order valence-corrected chi connectivity index (χ4v) is 4.34. The van der Waals surface area contributed by atoms with Crippen molar-refractivity contribution >= 4 is 16.9 Å². The van der Waals surface area contributed by atoms with E-state index in [2.05, 4.69) is 22.3 Å². The van der Waals surface area contributed by atoms with E-state index in [1.54, 1.807) is 6.07 Å². The number of halogens is 1. The molecule has 1 amide bonds. The van der Waals surface area contributed by atoms with Crippen LogP contribution < -0.4 is 5.32 Å². The number of amides is 1. The molecule has 0 atom stereocenters. The second kappa shape index (κ2) is 12.0. The largest absolute Gasteiger partial charge is 0.356 e. The molecule has 1 saturated heterocycles. The predicted molar refractivity (Wildman–Crippen MR) is 118 cm³/mol. The standard InChI is InChI=1S/C24H36FN3O2/c1-2-3-4-5-6-7-8-9-23(29)26-14-17-28-15-12-19(13-16-28)24-21-11-10-20(25)18-22(21)30-27-24/h10-11,18-19H,2-9,12-17H2,1H3,(H,26,29). The van der Waals surface area contributed by atoms with Crippen molar-refractivity contribution in [3.8, 4) is 0 Å². The summed E-state index contributed by atoms with van der Waals surface area (Å²) in [5.74, 6) is 0.230. The molecule has 0 unspecified atom stereocenters. The number of likely N-dealkylation sites (tertiary alicyclic amines) is 1. The molecule has 0 saturated carbocycles. The molecular formula is C24H36FN3O2. The molecular weight excluding hydrogens is 381 g/mol. The Morgan fingerprint density at radius 3 is 2.67 bits per heavy atom. The monoisotopic (exact) mass is 417 g/mol. The number of benzene rings is 1. The third-order valence-corrected chi connectivity index (χ3v) is 6.19. The van der Waals surface area contributed by atoms with Gasteiger partial charge in [-0.1, -0.05) is 50.6 Å². The molecule has 30 heavy (non-hydrogen) atoms. The van der Waals surface area contributed by atoms with Crippen LogP contribution in [0.15, 0.2) is 22.7 Å². The summed E-state index contributed by atoms with van der Waals surface area (Å²) in [5.41, 5.74) is 1.48. The average Bonchev–Trinajstić information content (AvgIpc) is 3.16. The Kier molecular flexibility index (Phi) is 9.12. The summed E-state index contributed by atoms with van der Waals surface area (Å²) in [5, 5.41) is 8.20. The molecule has 0 bridgehead atoms. The molecule has 2 heterocycles. The number of hydrogen-bond donors (Lipinski definition) is 1. The average molecular weight is 418 g/mol. The zero-order valence-corrected chi connectivity index (χ0v) is 18.3. The van der Waals surface area contributed by atoms with Gasteiger partial charge < -0.3 is 14.7 Å². The van der Waals surface area contributed by atoms with Gasteiger partial charge >= 0.3 is 0 Å². The minimum Gasteiger partial charge on any atom is -0.356 e. The quantitative estimate of drug-likeness (QED) is 0.470. The van der Waals surface area contributed by atoms with Gasteiger partial charge in [0.2, 0.25) is 5.91 Å². The van der Waals surface area contributed by atoms with Crippen LogP contribution in [0.3, 0.4) is 0 Å². The first kappa shape index (κ1) is 22.7. The number of fused-ring (bicyclic) bond motifs is 1. The molecule has 0 spiro atoms. The number of carbonyl (C=O) groups is 1. The summed E-state index contributed by atoms with van der Waals surface area (Å²) in [6.07, 6.45) is 11.3. The Hall–Kier alpha value is -1.95. The van der Waals surface area contributed by atoms with Gasteiger partial charge in [-0.3, -0.25) is 4.79 Å². The van der Waals surface area contributed by atoms with Crippen molar-refractivity contribution in [2.75, 3.05) is 26.2 Å². The van der Waals surface area contributed by atoms with E-state index in [1.807, 2.05) is 0 Å². The van der Waals surface area contributed by atoms with Crippen LogP contribution in [0.5, 0.6) is 0 Å². The number of rotatable bonds is 12. The number of unbranched alkanes of at least 4 members (excludes halogenated alkanes) is 6. The van der Waals surface area contributed by atoms with Gasteiger partial charge in [-0.15, -0.1) is 0 Å². The summed E-state index contributed by atoms with van der Waals surface area (Å²) >= 11 is 0. The van der Waals surface area contributed by atoms with Crippen molar-refractivity contribution in [3.05, 3.63) is 29.7 Å². The normalized spacial score (nSPS) is 15.7. The van der Waals surface area contributed by atoms with Gasteiger partial charge in [-0.25, -0.2) is 4.39 Å². The first-order valence-corrected chi connectivity index (χ1v) is 11.7. The van der Waals surface area contributed by atoms with E-state index in [4.69, 9.17) is 4.52 Å². The minimum absolute atomic E-state index is 0.180. The summed E-state index contributed by atoms with van der Waals surface area (Å²) in [4.78, 5) is 14.4. The lowest BCUT2D eigenvalue weighted by molar-refractivity contribution is -0.121. The van der Waals surface area contributed by atoms with Crippen LogP contribution in [0.4, 0.5) is 4.39 Å². The molecule has 5 nitrogen and oxygen atoms in total. The van der Waals surface area contributed by atoms with Gasteiger partial charge in [0.25, 0.3) is 0 Å². The Balaban J connectivity index is 1.28. The number of piperidine rings is 1. The smallest absolute Gasteiger partial charge is 0.220 e. The molecule has 1 N–H and O–H groups in total. The van der Waals surface area contributed by atoms with Gasteiger partial charge in [-0.05, 0) is 44.5 Å². The first-order chi connectivity index (χ1) is 14.7. The van der Waals surface area contributed by atoms with Crippen LogP contribution in [-0.4, -0.2) is 42.1 Å². The van der Waals surface area contributed by atoms with Gasteiger partial charge in [0.1, 0.15) is 5.82 Å². The van der Waals surface area contributed by atoms with Crippen molar-refractivity contribution in [2.45, 2.75) is 77.0 Å². The van der Waals surface area contributed by atoms with Crippen LogP contribution in [0.2, 0.25) is 0 Å². The van der Waals surface area contributed by atoms with Gasteiger partial charge in [-0.2, -0.15) is 0 Å². The second-order valence-electron chi connectivity index (χ2n) is 8.55. The molecule has 1 aromatic heterocycles. The van der Waals surface area contributed by atoms with E-state index in [0.29, 0.717) is 24.5 Å². The molecule has 1 aliphatic rings. The van der Waals surface area contributed by atoms with Crippen LogP contribution >= 0.6 is 0 Å². The fraction of sp³-hybridized carbons (Fsp3) is 0.667.